The molecule has 0 radical (unpaired) electrons. The van der Waals surface area contributed by atoms with E-state index in [0.29, 0.717) is 12.6 Å². The monoisotopic (exact) mass is 311 g/mol. The molecule has 3 rings (SSSR count). The van der Waals surface area contributed by atoms with Gasteiger partial charge >= 0.3 is 0 Å². The molecule has 1 saturated carbocycles. The summed E-state index contributed by atoms with van der Waals surface area (Å²) in [4.78, 5) is 0. The lowest BCUT2D eigenvalue weighted by atomic mass is 9.79. The van der Waals surface area contributed by atoms with Gasteiger partial charge in [-0.1, -0.05) is 30.5 Å². The van der Waals surface area contributed by atoms with Gasteiger partial charge in [0.25, 0.3) is 0 Å². The molecule has 1 heterocycles. The predicted octanol–water partition coefficient (Wildman–Crippen LogP) is 3.99. The zero-order chi connectivity index (χ0) is 14.0. The van der Waals surface area contributed by atoms with Crippen molar-refractivity contribution in [1.29, 1.82) is 0 Å². The molecule has 2 fully saturated rings. The van der Waals surface area contributed by atoms with Gasteiger partial charge in [-0.3, -0.25) is 0 Å². The number of thioether (sulfide) groups is 1. The molecule has 1 unspecified atom stereocenters. The maximum absolute atomic E-state index is 6.43. The largest absolute Gasteiger partial charge is 0.488 e. The van der Waals surface area contributed by atoms with Gasteiger partial charge in [-0.05, 0) is 42.7 Å². The smallest absolute Gasteiger partial charge is 0.138 e. The molecule has 1 aliphatic carbocycles. The topological polar surface area (TPSA) is 35.2 Å². The predicted molar refractivity (Wildman–Crippen MR) is 87.0 cm³/mol. The van der Waals surface area contributed by atoms with Crippen molar-refractivity contribution in [2.75, 3.05) is 18.1 Å². The highest BCUT2D eigenvalue weighted by Crippen LogP contribution is 2.42. The van der Waals surface area contributed by atoms with E-state index in [1.165, 1.54) is 37.0 Å². The molecule has 1 aromatic carbocycles. The normalized spacial score (nSPS) is 25.0. The van der Waals surface area contributed by atoms with Crippen LogP contribution in [0, 0.1) is 0 Å². The highest BCUT2D eigenvalue weighted by molar-refractivity contribution is 7.99. The number of ether oxygens (including phenoxy) is 1. The molecule has 1 saturated heterocycles. The maximum Gasteiger partial charge on any atom is 0.138 e. The molecule has 20 heavy (non-hydrogen) atoms. The summed E-state index contributed by atoms with van der Waals surface area (Å²) in [6, 6.07) is 6.29. The SMILES string of the molecule is NCC1(c2ccc(OC3CCSC3)c(Cl)c2)CCCC1. The molecule has 1 aromatic rings. The Morgan fingerprint density at radius 3 is 2.75 bits per heavy atom. The molecule has 0 spiro atoms. The van der Waals surface area contributed by atoms with Crippen molar-refractivity contribution in [3.63, 3.8) is 0 Å². The van der Waals surface area contributed by atoms with Gasteiger partial charge in [-0.15, -0.1) is 0 Å². The summed E-state index contributed by atoms with van der Waals surface area (Å²) in [7, 11) is 0. The minimum Gasteiger partial charge on any atom is -0.488 e. The lowest BCUT2D eigenvalue weighted by molar-refractivity contribution is 0.229. The van der Waals surface area contributed by atoms with E-state index in [9.17, 15) is 0 Å². The van der Waals surface area contributed by atoms with Crippen LogP contribution in [0.15, 0.2) is 18.2 Å². The van der Waals surface area contributed by atoms with E-state index in [2.05, 4.69) is 12.1 Å². The Hall–Kier alpha value is -0.380. The van der Waals surface area contributed by atoms with Crippen molar-refractivity contribution in [1.82, 2.24) is 0 Å². The summed E-state index contributed by atoms with van der Waals surface area (Å²) < 4.78 is 6.01. The maximum atomic E-state index is 6.43. The van der Waals surface area contributed by atoms with E-state index in [0.717, 1.165) is 22.9 Å². The molecule has 110 valence electrons. The summed E-state index contributed by atoms with van der Waals surface area (Å²) in [5.41, 5.74) is 7.48. The zero-order valence-electron chi connectivity index (χ0n) is 11.7. The first kappa shape index (κ1) is 14.6. The number of benzene rings is 1. The van der Waals surface area contributed by atoms with Gasteiger partial charge in [0, 0.05) is 17.7 Å². The van der Waals surface area contributed by atoms with Gasteiger partial charge in [0.15, 0.2) is 0 Å². The average molecular weight is 312 g/mol. The Labute approximate surface area is 130 Å². The molecule has 0 bridgehead atoms. The first-order chi connectivity index (χ1) is 9.73. The zero-order valence-corrected chi connectivity index (χ0v) is 13.3. The van der Waals surface area contributed by atoms with Crippen LogP contribution in [-0.2, 0) is 5.41 Å². The van der Waals surface area contributed by atoms with E-state index >= 15 is 0 Å². The van der Waals surface area contributed by atoms with Crippen LogP contribution in [0.25, 0.3) is 0 Å². The summed E-state index contributed by atoms with van der Waals surface area (Å²) in [6.07, 6.45) is 6.34. The third-order valence-electron chi connectivity index (χ3n) is 4.68. The third-order valence-corrected chi connectivity index (χ3v) is 6.10. The van der Waals surface area contributed by atoms with Gasteiger partial charge in [0.2, 0.25) is 0 Å². The number of rotatable bonds is 4. The fourth-order valence-electron chi connectivity index (χ4n) is 3.37. The first-order valence-electron chi connectivity index (χ1n) is 7.48. The molecule has 2 aliphatic rings. The van der Waals surface area contributed by atoms with Crippen LogP contribution < -0.4 is 10.5 Å². The molecule has 0 amide bonds. The number of nitrogens with two attached hydrogens (primary N) is 1. The van der Waals surface area contributed by atoms with E-state index in [-0.39, 0.29) is 5.41 Å². The Morgan fingerprint density at radius 2 is 2.15 bits per heavy atom. The molecule has 0 aromatic heterocycles. The quantitative estimate of drug-likeness (QED) is 0.913. The fraction of sp³-hybridized carbons (Fsp3) is 0.625. The highest BCUT2D eigenvalue weighted by Gasteiger charge is 2.34. The molecule has 4 heteroatoms. The van der Waals surface area contributed by atoms with Crippen LogP contribution in [0.2, 0.25) is 5.02 Å². The second kappa shape index (κ2) is 6.17. The van der Waals surface area contributed by atoms with Crippen molar-refractivity contribution >= 4 is 23.4 Å². The van der Waals surface area contributed by atoms with Crippen LogP contribution >= 0.6 is 23.4 Å². The van der Waals surface area contributed by atoms with Crippen molar-refractivity contribution in [2.45, 2.75) is 43.6 Å². The van der Waals surface area contributed by atoms with Crippen molar-refractivity contribution in [2.24, 2.45) is 5.73 Å². The van der Waals surface area contributed by atoms with Crippen LogP contribution in [0.3, 0.4) is 0 Å². The summed E-state index contributed by atoms with van der Waals surface area (Å²) in [6.45, 7) is 0.711. The Bertz CT molecular complexity index is 468. The minimum atomic E-state index is 0.144. The Morgan fingerprint density at radius 1 is 1.35 bits per heavy atom. The molecular formula is C16H22ClNOS. The van der Waals surface area contributed by atoms with Gasteiger partial charge in [0.05, 0.1) is 5.02 Å². The summed E-state index contributed by atoms with van der Waals surface area (Å²) >= 11 is 8.38. The van der Waals surface area contributed by atoms with Gasteiger partial charge in [-0.2, -0.15) is 11.8 Å². The van der Waals surface area contributed by atoms with E-state index in [1.54, 1.807) is 0 Å². The highest BCUT2D eigenvalue weighted by atomic mass is 35.5. The van der Waals surface area contributed by atoms with Crippen LogP contribution in [0.5, 0.6) is 5.75 Å². The van der Waals surface area contributed by atoms with Crippen LogP contribution in [0.4, 0.5) is 0 Å². The van der Waals surface area contributed by atoms with E-state index in [1.807, 2.05) is 17.8 Å². The van der Waals surface area contributed by atoms with Crippen molar-refractivity contribution in [3.8, 4) is 5.75 Å². The second-order valence-electron chi connectivity index (χ2n) is 5.94. The van der Waals surface area contributed by atoms with Crippen molar-refractivity contribution < 1.29 is 4.74 Å². The lowest BCUT2D eigenvalue weighted by Gasteiger charge is -2.28. The van der Waals surface area contributed by atoms with E-state index < -0.39 is 0 Å². The number of hydrogen-bond acceptors (Lipinski definition) is 3. The second-order valence-corrected chi connectivity index (χ2v) is 7.50. The lowest BCUT2D eigenvalue weighted by Crippen LogP contribution is -2.32. The average Bonchev–Trinajstić information content (AvgIpc) is 3.12. The van der Waals surface area contributed by atoms with Crippen LogP contribution in [-0.4, -0.2) is 24.2 Å². The van der Waals surface area contributed by atoms with Gasteiger partial charge in [-0.25, -0.2) is 0 Å². The third kappa shape index (κ3) is 2.81. The first-order valence-corrected chi connectivity index (χ1v) is 9.01. The van der Waals surface area contributed by atoms with Crippen LogP contribution in [0.1, 0.15) is 37.7 Å². The Balaban J connectivity index is 1.79. The van der Waals surface area contributed by atoms with E-state index in [4.69, 9.17) is 22.1 Å². The minimum absolute atomic E-state index is 0.144. The number of hydrogen-bond donors (Lipinski definition) is 1. The molecular weight excluding hydrogens is 290 g/mol. The van der Waals surface area contributed by atoms with Crippen molar-refractivity contribution in [3.05, 3.63) is 28.8 Å². The molecule has 1 aliphatic heterocycles. The molecule has 1 atom stereocenters. The summed E-state index contributed by atoms with van der Waals surface area (Å²) in [5.74, 6) is 3.09. The standard InChI is InChI=1S/C16H22ClNOS/c17-14-9-12(16(11-18)6-1-2-7-16)3-4-15(14)19-13-5-8-20-10-13/h3-4,9,13H,1-2,5-8,10-11,18H2. The Kier molecular flexibility index (Phi) is 4.49. The molecule has 2 nitrogen and oxygen atoms in total. The molecule has 2 N–H and O–H groups in total. The fourth-order valence-corrected chi connectivity index (χ4v) is 4.69. The van der Waals surface area contributed by atoms with Gasteiger partial charge < -0.3 is 10.5 Å². The summed E-state index contributed by atoms with van der Waals surface area (Å²) in [5, 5.41) is 0.735. The van der Waals surface area contributed by atoms with Gasteiger partial charge in [0.1, 0.15) is 11.9 Å². The number of halogens is 1.